The second-order valence-electron chi connectivity index (χ2n) is 6.73. The molecule has 2 N–H and O–H groups in total. The van der Waals surface area contributed by atoms with Gasteiger partial charge in [-0.05, 0) is 35.9 Å². The lowest BCUT2D eigenvalue weighted by atomic mass is 10.1. The zero-order valence-corrected chi connectivity index (χ0v) is 20.5. The Bertz CT molecular complexity index is 981. The van der Waals surface area contributed by atoms with E-state index < -0.39 is 21.8 Å². The van der Waals surface area contributed by atoms with E-state index in [4.69, 9.17) is 0 Å². The quantitative estimate of drug-likeness (QED) is 0.304. The maximum absolute atomic E-state index is 12.7. The Balaban J connectivity index is 0.00000480. The largest absolute Gasteiger partial charge is 0.416 e. The second-order valence-corrected chi connectivity index (χ2v) is 8.66. The first kappa shape index (κ1) is 27.2. The molecule has 0 spiro atoms. The summed E-state index contributed by atoms with van der Waals surface area (Å²) in [6.45, 7) is 0.787. The van der Waals surface area contributed by atoms with Crippen molar-refractivity contribution in [3.05, 3.63) is 70.8 Å². The molecule has 0 fully saturated rings. The minimum absolute atomic E-state index is 0. The SMILES string of the molecule is CN=C(NCc1cccc(CS(=O)(=O)NC)c1)N(C)Cc1ccc(C(F)(F)F)cc1.I. The number of rotatable bonds is 7. The number of aliphatic imine (C=N–C) groups is 1. The van der Waals surface area contributed by atoms with Gasteiger partial charge in [-0.25, -0.2) is 13.1 Å². The van der Waals surface area contributed by atoms with E-state index in [1.54, 1.807) is 37.2 Å². The molecule has 2 aromatic carbocycles. The lowest BCUT2D eigenvalue weighted by Crippen LogP contribution is -2.38. The van der Waals surface area contributed by atoms with Gasteiger partial charge in [-0.15, -0.1) is 24.0 Å². The van der Waals surface area contributed by atoms with Gasteiger partial charge in [-0.1, -0.05) is 36.4 Å². The molecule has 0 saturated heterocycles. The van der Waals surface area contributed by atoms with Crippen molar-refractivity contribution in [2.75, 3.05) is 21.1 Å². The molecule has 0 aliphatic carbocycles. The Labute approximate surface area is 198 Å². The summed E-state index contributed by atoms with van der Waals surface area (Å²) in [5.41, 5.74) is 1.57. The van der Waals surface area contributed by atoms with E-state index in [1.165, 1.54) is 19.2 Å². The van der Waals surface area contributed by atoms with Crippen molar-refractivity contribution in [3.63, 3.8) is 0 Å². The molecule has 0 aromatic heterocycles. The number of nitrogens with one attached hydrogen (secondary N) is 2. The van der Waals surface area contributed by atoms with Crippen LogP contribution < -0.4 is 10.0 Å². The van der Waals surface area contributed by atoms with Crippen LogP contribution in [0.2, 0.25) is 0 Å². The highest BCUT2D eigenvalue weighted by molar-refractivity contribution is 14.0. The molecule has 0 radical (unpaired) electrons. The summed E-state index contributed by atoms with van der Waals surface area (Å²) >= 11 is 0. The van der Waals surface area contributed by atoms with Crippen LogP contribution in [0.4, 0.5) is 13.2 Å². The van der Waals surface area contributed by atoms with Crippen molar-refractivity contribution < 1.29 is 21.6 Å². The Kier molecular flexibility index (Phi) is 10.2. The summed E-state index contributed by atoms with van der Waals surface area (Å²) in [6, 6.07) is 12.2. The number of nitrogens with zero attached hydrogens (tertiary/aromatic N) is 2. The molecule has 0 aliphatic rings. The maximum atomic E-state index is 12.7. The van der Waals surface area contributed by atoms with Gasteiger partial charge in [0.25, 0.3) is 0 Å². The van der Waals surface area contributed by atoms with Crippen molar-refractivity contribution in [2.45, 2.75) is 25.0 Å². The third-order valence-corrected chi connectivity index (χ3v) is 5.72. The summed E-state index contributed by atoms with van der Waals surface area (Å²) in [5, 5.41) is 3.18. The summed E-state index contributed by atoms with van der Waals surface area (Å²) in [7, 11) is 1.41. The number of hydrogen-bond acceptors (Lipinski definition) is 3. The van der Waals surface area contributed by atoms with E-state index in [2.05, 4.69) is 15.0 Å². The molecular weight excluding hydrogens is 544 g/mol. The van der Waals surface area contributed by atoms with Crippen LogP contribution in [0, 0.1) is 0 Å². The van der Waals surface area contributed by atoms with Gasteiger partial charge in [0.05, 0.1) is 11.3 Å². The first-order chi connectivity index (χ1) is 14.0. The number of alkyl halides is 3. The minimum atomic E-state index is -4.36. The molecule has 0 heterocycles. The highest BCUT2D eigenvalue weighted by Crippen LogP contribution is 2.29. The van der Waals surface area contributed by atoms with Crippen molar-refractivity contribution >= 4 is 40.0 Å². The Morgan fingerprint density at radius 3 is 2.23 bits per heavy atom. The van der Waals surface area contributed by atoms with Crippen LogP contribution >= 0.6 is 24.0 Å². The van der Waals surface area contributed by atoms with E-state index in [9.17, 15) is 21.6 Å². The smallest absolute Gasteiger partial charge is 0.352 e. The van der Waals surface area contributed by atoms with E-state index in [0.29, 0.717) is 30.2 Å². The third kappa shape index (κ3) is 8.65. The first-order valence-electron chi connectivity index (χ1n) is 9.11. The first-order valence-corrected chi connectivity index (χ1v) is 10.8. The van der Waals surface area contributed by atoms with Crippen LogP contribution in [0.5, 0.6) is 0 Å². The number of benzene rings is 2. The highest BCUT2D eigenvalue weighted by atomic mass is 127. The fourth-order valence-electron chi connectivity index (χ4n) is 2.83. The average Bonchev–Trinajstić information content (AvgIpc) is 2.68. The molecule has 0 aliphatic heterocycles. The van der Waals surface area contributed by atoms with Crippen LogP contribution in [0.3, 0.4) is 0 Å². The summed E-state index contributed by atoms with van der Waals surface area (Å²) in [5.74, 6) is 0.447. The summed E-state index contributed by atoms with van der Waals surface area (Å²) < 4.78 is 63.8. The number of sulfonamides is 1. The van der Waals surface area contributed by atoms with Gasteiger partial charge in [0.2, 0.25) is 10.0 Å². The topological polar surface area (TPSA) is 73.8 Å². The molecule has 0 atom stereocenters. The minimum Gasteiger partial charge on any atom is -0.352 e. The van der Waals surface area contributed by atoms with Crippen LogP contribution in [-0.2, 0) is 35.0 Å². The Morgan fingerprint density at radius 2 is 1.68 bits per heavy atom. The van der Waals surface area contributed by atoms with Crippen molar-refractivity contribution in [1.82, 2.24) is 14.9 Å². The molecule has 172 valence electrons. The maximum Gasteiger partial charge on any atom is 0.416 e. The lowest BCUT2D eigenvalue weighted by molar-refractivity contribution is -0.137. The molecular formula is C20H26F3IN4O2S. The second kappa shape index (κ2) is 11.7. The van der Waals surface area contributed by atoms with Crippen LogP contribution in [-0.4, -0.2) is 40.4 Å². The van der Waals surface area contributed by atoms with E-state index in [1.807, 2.05) is 6.07 Å². The third-order valence-electron chi connectivity index (χ3n) is 4.38. The van der Waals surface area contributed by atoms with Crippen LogP contribution in [0.15, 0.2) is 53.5 Å². The monoisotopic (exact) mass is 570 g/mol. The normalized spacial score (nSPS) is 12.3. The van der Waals surface area contributed by atoms with E-state index >= 15 is 0 Å². The molecule has 6 nitrogen and oxygen atoms in total. The molecule has 0 unspecified atom stereocenters. The number of hydrogen-bond donors (Lipinski definition) is 2. The fourth-order valence-corrected chi connectivity index (χ4v) is 3.60. The van der Waals surface area contributed by atoms with E-state index in [0.717, 1.165) is 17.7 Å². The van der Waals surface area contributed by atoms with Gasteiger partial charge < -0.3 is 10.2 Å². The van der Waals surface area contributed by atoms with Crippen molar-refractivity contribution in [3.8, 4) is 0 Å². The highest BCUT2D eigenvalue weighted by Gasteiger charge is 2.29. The molecule has 0 amide bonds. The molecule has 31 heavy (non-hydrogen) atoms. The predicted molar refractivity (Wildman–Crippen MR) is 127 cm³/mol. The fraction of sp³-hybridized carbons (Fsp3) is 0.350. The molecule has 2 aromatic rings. The standard InChI is InChI=1S/C20H25F3N4O2S.HI/c1-24-19(27(3)13-15-7-9-18(10-8-15)20(21,22)23)26-12-16-5-4-6-17(11-16)14-30(28,29)25-2;/h4-11,25H,12-14H2,1-3H3,(H,24,26);1H. The van der Waals surface area contributed by atoms with Gasteiger partial charge in [-0.3, -0.25) is 4.99 Å². The lowest BCUT2D eigenvalue weighted by Gasteiger charge is -2.22. The molecule has 11 heteroatoms. The van der Waals surface area contributed by atoms with Crippen LogP contribution in [0.1, 0.15) is 22.3 Å². The van der Waals surface area contributed by atoms with E-state index in [-0.39, 0.29) is 29.7 Å². The predicted octanol–water partition coefficient (Wildman–Crippen LogP) is 3.58. The number of halogens is 4. The van der Waals surface area contributed by atoms with Crippen molar-refractivity contribution in [1.29, 1.82) is 0 Å². The average molecular weight is 570 g/mol. The Hall–Kier alpha value is -1.86. The van der Waals surface area contributed by atoms with Gasteiger partial charge in [-0.2, -0.15) is 13.2 Å². The van der Waals surface area contributed by atoms with Gasteiger partial charge in [0, 0.05) is 27.2 Å². The number of guanidine groups is 1. The zero-order chi connectivity index (χ0) is 22.4. The Morgan fingerprint density at radius 1 is 1.06 bits per heavy atom. The summed E-state index contributed by atoms with van der Waals surface area (Å²) in [6.07, 6.45) is -4.36. The van der Waals surface area contributed by atoms with Crippen molar-refractivity contribution in [2.24, 2.45) is 4.99 Å². The zero-order valence-electron chi connectivity index (χ0n) is 17.4. The van der Waals surface area contributed by atoms with Gasteiger partial charge >= 0.3 is 6.18 Å². The van der Waals surface area contributed by atoms with Crippen LogP contribution in [0.25, 0.3) is 0 Å². The summed E-state index contributed by atoms with van der Waals surface area (Å²) in [4.78, 5) is 5.99. The van der Waals surface area contributed by atoms with Gasteiger partial charge in [0.1, 0.15) is 0 Å². The molecule has 0 saturated carbocycles. The van der Waals surface area contributed by atoms with Gasteiger partial charge in [0.15, 0.2) is 5.96 Å². The molecule has 0 bridgehead atoms. The molecule has 2 rings (SSSR count).